The fraction of sp³-hybridized carbons (Fsp3) is 1.00. The highest BCUT2D eigenvalue weighted by atomic mass is 14.4. The van der Waals surface area contributed by atoms with Crippen LogP contribution < -0.4 is 0 Å². The van der Waals surface area contributed by atoms with E-state index in [-0.39, 0.29) is 0 Å². The van der Waals surface area contributed by atoms with Crippen molar-refractivity contribution in [2.75, 3.05) is 0 Å². The van der Waals surface area contributed by atoms with Gasteiger partial charge in [0, 0.05) is 0 Å². The minimum absolute atomic E-state index is 1.14. The van der Waals surface area contributed by atoms with Gasteiger partial charge in [0.1, 0.15) is 0 Å². The Balaban J connectivity index is 1.90. The summed E-state index contributed by atoms with van der Waals surface area (Å²) in [6.07, 6.45) is 9.22. The first-order valence-electron chi connectivity index (χ1n) is 4.90. The molecule has 2 aliphatic carbocycles. The van der Waals surface area contributed by atoms with Gasteiger partial charge in [0.25, 0.3) is 0 Å². The van der Waals surface area contributed by atoms with Crippen LogP contribution in [0.15, 0.2) is 0 Å². The summed E-state index contributed by atoms with van der Waals surface area (Å²) in [7, 11) is 0. The summed E-state index contributed by atoms with van der Waals surface area (Å²) < 4.78 is 0. The van der Waals surface area contributed by atoms with Crippen LogP contribution >= 0.6 is 0 Å². The molecule has 0 spiro atoms. The Morgan fingerprint density at radius 1 is 1.20 bits per heavy atom. The third-order valence-electron chi connectivity index (χ3n) is 3.54. The number of fused-ring (bicyclic) bond motifs is 2. The third-order valence-corrected chi connectivity index (χ3v) is 3.54. The van der Waals surface area contributed by atoms with E-state index in [1.165, 1.54) is 12.8 Å². The lowest BCUT2D eigenvalue weighted by Crippen LogP contribution is -2.09. The van der Waals surface area contributed by atoms with Crippen LogP contribution in [0.2, 0.25) is 0 Å². The van der Waals surface area contributed by atoms with E-state index in [0.29, 0.717) is 0 Å². The first-order valence-corrected chi connectivity index (χ1v) is 4.90. The predicted octanol–water partition coefficient (Wildman–Crippen LogP) is 3.22. The van der Waals surface area contributed by atoms with Crippen LogP contribution in [-0.2, 0) is 0 Å². The molecule has 0 N–H and O–H groups in total. The summed E-state index contributed by atoms with van der Waals surface area (Å²) in [5, 5.41) is 0. The summed E-state index contributed by atoms with van der Waals surface area (Å²) in [5.41, 5.74) is 0. The predicted molar refractivity (Wildman–Crippen MR) is 43.8 cm³/mol. The topological polar surface area (TPSA) is 0 Å². The van der Waals surface area contributed by atoms with Crippen molar-refractivity contribution < 1.29 is 0 Å². The molecule has 58 valence electrons. The van der Waals surface area contributed by atoms with Crippen LogP contribution in [0.4, 0.5) is 0 Å². The molecule has 0 nitrogen and oxygen atoms in total. The van der Waals surface area contributed by atoms with Crippen molar-refractivity contribution in [2.24, 2.45) is 17.8 Å². The van der Waals surface area contributed by atoms with Crippen molar-refractivity contribution >= 4 is 0 Å². The number of hydrogen-bond acceptors (Lipinski definition) is 0. The number of rotatable bonds is 2. The van der Waals surface area contributed by atoms with Crippen molar-refractivity contribution in [1.29, 1.82) is 0 Å². The largest absolute Gasteiger partial charge is 0.0654 e. The van der Waals surface area contributed by atoms with E-state index in [4.69, 9.17) is 0 Å². The van der Waals surface area contributed by atoms with Gasteiger partial charge in [-0.1, -0.05) is 26.2 Å². The quantitative estimate of drug-likeness (QED) is 0.549. The number of hydrogen-bond donors (Lipinski definition) is 0. The monoisotopic (exact) mass is 138 g/mol. The lowest BCUT2D eigenvalue weighted by atomic mass is 9.86. The first kappa shape index (κ1) is 6.69. The highest BCUT2D eigenvalue weighted by Gasteiger charge is 2.38. The smallest absolute Gasteiger partial charge is 0.0383 e. The zero-order valence-corrected chi connectivity index (χ0v) is 6.97. The highest BCUT2D eigenvalue weighted by molar-refractivity contribution is 4.89. The molecule has 2 fully saturated rings. The zero-order chi connectivity index (χ0) is 6.97. The Bertz CT molecular complexity index is 117. The Kier molecular flexibility index (Phi) is 1.71. The Hall–Kier alpha value is 0. The summed E-state index contributed by atoms with van der Waals surface area (Å²) in [6, 6.07) is 0. The van der Waals surface area contributed by atoms with Gasteiger partial charge in [-0.15, -0.1) is 0 Å². The van der Waals surface area contributed by atoms with Crippen molar-refractivity contribution in [1.82, 2.24) is 0 Å². The Morgan fingerprint density at radius 2 is 2.10 bits per heavy atom. The third kappa shape index (κ3) is 0.980. The normalized spacial score (nSPS) is 44.7. The average Bonchev–Trinajstić information content (AvgIpc) is 2.48. The molecule has 2 saturated carbocycles. The molecular formula is C10H18. The second-order valence-corrected chi connectivity index (χ2v) is 4.22. The molecule has 0 heterocycles. The van der Waals surface area contributed by atoms with Crippen molar-refractivity contribution in [3.8, 4) is 0 Å². The van der Waals surface area contributed by atoms with Gasteiger partial charge in [-0.2, -0.15) is 0 Å². The molecule has 10 heavy (non-hydrogen) atoms. The van der Waals surface area contributed by atoms with E-state index in [9.17, 15) is 0 Å². The standard InChI is InChI=1S/C10H18/c1-2-3-9-6-8-4-5-10(9)7-8/h8-10H,2-7H2,1H3/t8-,9-,10-/m0/s1. The molecule has 0 saturated heterocycles. The molecule has 0 unspecified atom stereocenters. The molecule has 3 atom stereocenters. The van der Waals surface area contributed by atoms with E-state index < -0.39 is 0 Å². The van der Waals surface area contributed by atoms with E-state index in [2.05, 4.69) is 6.92 Å². The van der Waals surface area contributed by atoms with E-state index in [0.717, 1.165) is 17.8 Å². The van der Waals surface area contributed by atoms with Gasteiger partial charge in [0.05, 0.1) is 0 Å². The van der Waals surface area contributed by atoms with Gasteiger partial charge in [-0.3, -0.25) is 0 Å². The van der Waals surface area contributed by atoms with Crippen LogP contribution in [0, 0.1) is 17.8 Å². The molecule has 0 radical (unpaired) electrons. The van der Waals surface area contributed by atoms with E-state index in [1.54, 1.807) is 25.7 Å². The minimum Gasteiger partial charge on any atom is -0.0654 e. The molecular weight excluding hydrogens is 120 g/mol. The lowest BCUT2D eigenvalue weighted by molar-refractivity contribution is 0.312. The maximum Gasteiger partial charge on any atom is -0.0383 e. The summed E-state index contributed by atoms with van der Waals surface area (Å²) in [5.74, 6) is 3.45. The highest BCUT2D eigenvalue weighted by Crippen LogP contribution is 2.49. The molecule has 2 aliphatic rings. The summed E-state index contributed by atoms with van der Waals surface area (Å²) in [6.45, 7) is 2.33. The molecule has 0 aliphatic heterocycles. The van der Waals surface area contributed by atoms with Crippen LogP contribution in [0.3, 0.4) is 0 Å². The molecule has 0 aromatic carbocycles. The van der Waals surface area contributed by atoms with E-state index >= 15 is 0 Å². The molecule has 0 aromatic rings. The van der Waals surface area contributed by atoms with Crippen molar-refractivity contribution in [2.45, 2.75) is 45.4 Å². The minimum atomic E-state index is 1.14. The first-order chi connectivity index (χ1) is 4.90. The van der Waals surface area contributed by atoms with Crippen LogP contribution in [-0.4, -0.2) is 0 Å². The SMILES string of the molecule is CCC[C@H]1C[C@@H]2CC[C@H]1C2. The summed E-state index contributed by atoms with van der Waals surface area (Å²) >= 11 is 0. The molecule has 2 bridgehead atoms. The second kappa shape index (κ2) is 2.56. The van der Waals surface area contributed by atoms with Gasteiger partial charge in [0.2, 0.25) is 0 Å². The maximum atomic E-state index is 2.33. The lowest BCUT2D eigenvalue weighted by Gasteiger charge is -2.20. The molecule has 0 aromatic heterocycles. The molecule has 0 amide bonds. The Morgan fingerprint density at radius 3 is 2.60 bits per heavy atom. The second-order valence-electron chi connectivity index (χ2n) is 4.22. The van der Waals surface area contributed by atoms with Crippen molar-refractivity contribution in [3.05, 3.63) is 0 Å². The molecule has 2 rings (SSSR count). The average molecular weight is 138 g/mol. The Labute approximate surface area is 64.0 Å². The fourth-order valence-corrected chi connectivity index (χ4v) is 3.10. The van der Waals surface area contributed by atoms with Gasteiger partial charge in [-0.25, -0.2) is 0 Å². The van der Waals surface area contributed by atoms with Gasteiger partial charge < -0.3 is 0 Å². The van der Waals surface area contributed by atoms with Gasteiger partial charge >= 0.3 is 0 Å². The van der Waals surface area contributed by atoms with Crippen LogP contribution in [0.25, 0.3) is 0 Å². The van der Waals surface area contributed by atoms with E-state index in [1.807, 2.05) is 0 Å². The van der Waals surface area contributed by atoms with Crippen LogP contribution in [0.1, 0.15) is 45.4 Å². The molecule has 0 heteroatoms. The fourth-order valence-electron chi connectivity index (χ4n) is 3.10. The summed E-state index contributed by atoms with van der Waals surface area (Å²) in [4.78, 5) is 0. The van der Waals surface area contributed by atoms with Gasteiger partial charge in [0.15, 0.2) is 0 Å². The van der Waals surface area contributed by atoms with Crippen molar-refractivity contribution in [3.63, 3.8) is 0 Å². The van der Waals surface area contributed by atoms with Crippen LogP contribution in [0.5, 0.6) is 0 Å². The zero-order valence-electron chi connectivity index (χ0n) is 6.97. The maximum absolute atomic E-state index is 2.33. The van der Waals surface area contributed by atoms with Gasteiger partial charge in [-0.05, 0) is 37.0 Å².